The molecule has 0 spiro atoms. The van der Waals surface area contributed by atoms with Crippen molar-refractivity contribution in [3.63, 3.8) is 0 Å². The zero-order valence-electron chi connectivity index (χ0n) is 10.4. The minimum absolute atomic E-state index is 0.250. The summed E-state index contributed by atoms with van der Waals surface area (Å²) in [5.74, 6) is 0.618. The molecule has 2 rings (SSSR count). The summed E-state index contributed by atoms with van der Waals surface area (Å²) in [6.45, 7) is 0. The van der Waals surface area contributed by atoms with Crippen LogP contribution in [-0.2, 0) is 7.05 Å². The molecular weight excluding hydrogens is 234 g/mol. The predicted molar refractivity (Wildman–Crippen MR) is 64.0 cm³/mol. The summed E-state index contributed by atoms with van der Waals surface area (Å²) in [5.41, 5.74) is 0.600. The van der Waals surface area contributed by atoms with Crippen LogP contribution in [0.4, 0.5) is 0 Å². The molecule has 0 fully saturated rings. The number of benzene rings is 1. The average molecular weight is 247 g/mol. The monoisotopic (exact) mass is 247 g/mol. The van der Waals surface area contributed by atoms with Crippen molar-refractivity contribution in [1.29, 1.82) is 0 Å². The SMILES string of the molecule is COc1cccc(OC)c1C(=O)c1cnn(C)n1. The number of rotatable bonds is 4. The number of hydrogen-bond acceptors (Lipinski definition) is 5. The Morgan fingerprint density at radius 1 is 1.22 bits per heavy atom. The Morgan fingerprint density at radius 3 is 2.28 bits per heavy atom. The van der Waals surface area contributed by atoms with Gasteiger partial charge in [-0.15, -0.1) is 0 Å². The molecule has 0 bridgehead atoms. The van der Waals surface area contributed by atoms with Crippen LogP contribution in [0.25, 0.3) is 0 Å². The largest absolute Gasteiger partial charge is 0.496 e. The van der Waals surface area contributed by atoms with Gasteiger partial charge in [-0.1, -0.05) is 6.07 Å². The summed E-state index contributed by atoms with van der Waals surface area (Å²) >= 11 is 0. The zero-order valence-corrected chi connectivity index (χ0v) is 10.4. The Morgan fingerprint density at radius 2 is 1.83 bits per heavy atom. The molecule has 0 saturated carbocycles. The van der Waals surface area contributed by atoms with Crippen LogP contribution in [0.15, 0.2) is 24.4 Å². The first-order valence-electron chi connectivity index (χ1n) is 5.29. The number of aromatic nitrogens is 3. The Labute approximate surface area is 104 Å². The summed E-state index contributed by atoms with van der Waals surface area (Å²) < 4.78 is 10.4. The average Bonchev–Trinajstić information content (AvgIpc) is 2.83. The number of methoxy groups -OCH3 is 2. The highest BCUT2D eigenvalue weighted by Crippen LogP contribution is 2.29. The van der Waals surface area contributed by atoms with E-state index in [4.69, 9.17) is 9.47 Å². The molecule has 0 aliphatic carbocycles. The molecule has 18 heavy (non-hydrogen) atoms. The van der Waals surface area contributed by atoms with E-state index in [1.807, 2.05) is 0 Å². The molecule has 0 saturated heterocycles. The highest BCUT2D eigenvalue weighted by atomic mass is 16.5. The van der Waals surface area contributed by atoms with Gasteiger partial charge < -0.3 is 9.47 Å². The molecule has 6 heteroatoms. The van der Waals surface area contributed by atoms with Gasteiger partial charge in [0.1, 0.15) is 17.1 Å². The molecular formula is C12H13N3O3. The third-order valence-corrected chi connectivity index (χ3v) is 2.49. The van der Waals surface area contributed by atoms with Gasteiger partial charge in [-0.05, 0) is 12.1 Å². The lowest BCUT2D eigenvalue weighted by atomic mass is 10.1. The maximum absolute atomic E-state index is 12.3. The summed E-state index contributed by atoms with van der Waals surface area (Å²) in [7, 11) is 4.65. The quantitative estimate of drug-likeness (QED) is 0.756. The zero-order chi connectivity index (χ0) is 13.1. The van der Waals surface area contributed by atoms with Crippen LogP contribution in [0.2, 0.25) is 0 Å². The van der Waals surface area contributed by atoms with Gasteiger partial charge in [-0.25, -0.2) is 0 Å². The highest BCUT2D eigenvalue weighted by Gasteiger charge is 2.21. The molecule has 0 radical (unpaired) electrons. The van der Waals surface area contributed by atoms with Crippen molar-refractivity contribution in [1.82, 2.24) is 15.0 Å². The van der Waals surface area contributed by atoms with Crippen LogP contribution in [-0.4, -0.2) is 35.0 Å². The van der Waals surface area contributed by atoms with E-state index in [1.54, 1.807) is 25.2 Å². The van der Waals surface area contributed by atoms with Gasteiger partial charge in [0.2, 0.25) is 5.78 Å². The van der Waals surface area contributed by atoms with E-state index in [0.29, 0.717) is 17.1 Å². The molecule has 6 nitrogen and oxygen atoms in total. The number of aryl methyl sites for hydroxylation is 1. The minimum atomic E-state index is -0.280. The molecule has 0 atom stereocenters. The number of ether oxygens (including phenoxy) is 2. The van der Waals surface area contributed by atoms with E-state index in [1.165, 1.54) is 25.2 Å². The molecule has 1 aromatic heterocycles. The van der Waals surface area contributed by atoms with Crippen LogP contribution in [0.5, 0.6) is 11.5 Å². The standard InChI is InChI=1S/C12H13N3O3/c1-15-13-7-8(14-15)12(16)11-9(17-2)5-4-6-10(11)18-3/h4-7H,1-3H3. The maximum atomic E-state index is 12.3. The smallest absolute Gasteiger partial charge is 0.222 e. The summed E-state index contributed by atoms with van der Waals surface area (Å²) in [6, 6.07) is 5.16. The Balaban J connectivity index is 2.52. The number of carbonyl (C=O) groups excluding carboxylic acids is 1. The molecule has 0 amide bonds. The van der Waals surface area contributed by atoms with Crippen molar-refractivity contribution in [2.24, 2.45) is 7.05 Å². The van der Waals surface area contributed by atoms with E-state index in [-0.39, 0.29) is 11.5 Å². The van der Waals surface area contributed by atoms with E-state index in [2.05, 4.69) is 10.2 Å². The van der Waals surface area contributed by atoms with E-state index < -0.39 is 0 Å². The van der Waals surface area contributed by atoms with Crippen molar-refractivity contribution in [3.8, 4) is 11.5 Å². The van der Waals surface area contributed by atoms with Gasteiger partial charge in [0, 0.05) is 7.05 Å². The van der Waals surface area contributed by atoms with Crippen molar-refractivity contribution >= 4 is 5.78 Å². The van der Waals surface area contributed by atoms with Gasteiger partial charge in [0.05, 0.1) is 20.4 Å². The normalized spacial score (nSPS) is 10.2. The molecule has 1 heterocycles. The van der Waals surface area contributed by atoms with Crippen molar-refractivity contribution < 1.29 is 14.3 Å². The van der Waals surface area contributed by atoms with Crippen LogP contribution in [0.3, 0.4) is 0 Å². The summed E-state index contributed by atoms with van der Waals surface area (Å²) in [5, 5.41) is 7.86. The van der Waals surface area contributed by atoms with Crippen LogP contribution >= 0.6 is 0 Å². The number of ketones is 1. The lowest BCUT2D eigenvalue weighted by molar-refractivity contribution is 0.102. The number of hydrogen-bond donors (Lipinski definition) is 0. The fourth-order valence-corrected chi connectivity index (χ4v) is 1.65. The topological polar surface area (TPSA) is 66.2 Å². The summed E-state index contributed by atoms with van der Waals surface area (Å²) in [4.78, 5) is 13.7. The molecule has 0 unspecified atom stereocenters. The van der Waals surface area contributed by atoms with Crippen molar-refractivity contribution in [2.45, 2.75) is 0 Å². The van der Waals surface area contributed by atoms with Crippen molar-refractivity contribution in [3.05, 3.63) is 35.7 Å². The maximum Gasteiger partial charge on any atom is 0.222 e. The van der Waals surface area contributed by atoms with E-state index >= 15 is 0 Å². The molecule has 94 valence electrons. The van der Waals surface area contributed by atoms with Gasteiger partial charge in [0.15, 0.2) is 5.69 Å². The highest BCUT2D eigenvalue weighted by molar-refractivity contribution is 6.11. The first-order valence-corrected chi connectivity index (χ1v) is 5.29. The Hall–Kier alpha value is -2.37. The second-order valence-corrected chi connectivity index (χ2v) is 3.59. The van der Waals surface area contributed by atoms with Crippen molar-refractivity contribution in [2.75, 3.05) is 14.2 Å². The third-order valence-electron chi connectivity index (χ3n) is 2.49. The predicted octanol–water partition coefficient (Wildman–Crippen LogP) is 1.06. The second-order valence-electron chi connectivity index (χ2n) is 3.59. The minimum Gasteiger partial charge on any atom is -0.496 e. The van der Waals surface area contributed by atoms with Gasteiger partial charge in [-0.3, -0.25) is 4.79 Å². The van der Waals surface area contributed by atoms with Gasteiger partial charge in [-0.2, -0.15) is 15.0 Å². The molecule has 0 aliphatic rings. The third kappa shape index (κ3) is 2.04. The lowest BCUT2D eigenvalue weighted by Crippen LogP contribution is -2.07. The molecule has 0 N–H and O–H groups in total. The fraction of sp³-hybridized carbons (Fsp3) is 0.250. The Kier molecular flexibility index (Phi) is 3.27. The molecule has 0 aliphatic heterocycles. The molecule has 1 aromatic carbocycles. The Bertz CT molecular complexity index is 555. The van der Waals surface area contributed by atoms with E-state index in [9.17, 15) is 4.79 Å². The number of nitrogens with zero attached hydrogens (tertiary/aromatic N) is 3. The van der Waals surface area contributed by atoms with E-state index in [0.717, 1.165) is 0 Å². The van der Waals surface area contributed by atoms with Crippen LogP contribution in [0.1, 0.15) is 16.1 Å². The van der Waals surface area contributed by atoms with Crippen LogP contribution < -0.4 is 9.47 Å². The van der Waals surface area contributed by atoms with Crippen LogP contribution in [0, 0.1) is 0 Å². The lowest BCUT2D eigenvalue weighted by Gasteiger charge is -2.10. The van der Waals surface area contributed by atoms with Gasteiger partial charge in [0.25, 0.3) is 0 Å². The summed E-state index contributed by atoms with van der Waals surface area (Å²) in [6.07, 6.45) is 1.41. The fourth-order valence-electron chi connectivity index (χ4n) is 1.65. The molecule has 2 aromatic rings. The second kappa shape index (κ2) is 4.87. The van der Waals surface area contributed by atoms with Gasteiger partial charge >= 0.3 is 0 Å². The number of carbonyl (C=O) groups is 1. The first-order chi connectivity index (χ1) is 8.67. The first kappa shape index (κ1) is 12.1.